The molecule has 3 heteroatoms. The summed E-state index contributed by atoms with van der Waals surface area (Å²) in [6, 6.07) is 3.72. The number of unbranched alkanes of at least 4 members (excludes halogenated alkanes) is 25. The minimum absolute atomic E-state index is 0.162. The second kappa shape index (κ2) is 27.2. The number of carbonyl (C=O) groups is 1. The Kier molecular flexibility index (Phi) is 25.1. The second-order valence-electron chi connectivity index (χ2n) is 11.0. The minimum atomic E-state index is -0.162. The van der Waals surface area contributed by atoms with Crippen molar-refractivity contribution in [3.05, 3.63) is 22.4 Å². The van der Waals surface area contributed by atoms with Gasteiger partial charge in [-0.05, 0) is 17.9 Å². The van der Waals surface area contributed by atoms with Crippen LogP contribution < -0.4 is 0 Å². The highest BCUT2D eigenvalue weighted by Crippen LogP contribution is 2.16. The fraction of sp³-hybridized carbons (Fsp3) is 0.848. The molecule has 0 saturated carbocycles. The average Bonchev–Trinajstić information content (AvgIpc) is 3.43. The summed E-state index contributed by atoms with van der Waals surface area (Å²) in [6.45, 7) is 2.86. The van der Waals surface area contributed by atoms with Crippen molar-refractivity contribution in [3.63, 3.8) is 0 Å². The van der Waals surface area contributed by atoms with Crippen LogP contribution in [0.2, 0.25) is 0 Å². The molecular formula is C33H60O2S. The number of thiophene rings is 1. The van der Waals surface area contributed by atoms with Crippen molar-refractivity contribution < 1.29 is 9.53 Å². The number of carbonyl (C=O) groups excluding carboxylic acids is 1. The molecule has 0 spiro atoms. The van der Waals surface area contributed by atoms with Gasteiger partial charge in [-0.25, -0.2) is 4.79 Å². The fourth-order valence-corrected chi connectivity index (χ4v) is 5.66. The molecule has 210 valence electrons. The van der Waals surface area contributed by atoms with Crippen LogP contribution in [0.4, 0.5) is 0 Å². The van der Waals surface area contributed by atoms with Crippen molar-refractivity contribution in [2.24, 2.45) is 0 Å². The van der Waals surface area contributed by atoms with Crippen molar-refractivity contribution >= 4 is 17.3 Å². The summed E-state index contributed by atoms with van der Waals surface area (Å²) in [6.07, 6.45) is 36.6. The molecule has 1 aromatic heterocycles. The Balaban J connectivity index is 1.64. The van der Waals surface area contributed by atoms with Gasteiger partial charge in [0.25, 0.3) is 0 Å². The van der Waals surface area contributed by atoms with E-state index in [1.54, 1.807) is 0 Å². The Bertz CT molecular complexity index is 554. The molecule has 0 aliphatic heterocycles. The molecule has 0 fully saturated rings. The van der Waals surface area contributed by atoms with E-state index in [1.807, 2.05) is 17.5 Å². The summed E-state index contributed by atoms with van der Waals surface area (Å²) in [5.74, 6) is -0.162. The van der Waals surface area contributed by atoms with Gasteiger partial charge in [0.2, 0.25) is 0 Å². The molecule has 0 radical (unpaired) electrons. The normalized spacial score (nSPS) is 11.2. The molecule has 0 unspecified atom stereocenters. The Morgan fingerprint density at radius 3 is 1.19 bits per heavy atom. The SMILES string of the molecule is CCCCCCCCCCCCCCCCCCCCCCCCCCCCOC(=O)c1cccs1. The minimum Gasteiger partial charge on any atom is -0.462 e. The van der Waals surface area contributed by atoms with E-state index in [-0.39, 0.29) is 5.97 Å². The Morgan fingerprint density at radius 2 is 0.889 bits per heavy atom. The molecule has 0 amide bonds. The van der Waals surface area contributed by atoms with E-state index in [2.05, 4.69) is 6.92 Å². The second-order valence-corrected chi connectivity index (χ2v) is 11.9. The standard InChI is InChI=1S/C33H60O2S/c1-2-3-4-5-6-7-8-9-10-11-12-13-14-15-16-17-18-19-20-21-22-23-24-25-26-27-30-35-33(34)32-29-28-31-36-32/h28-29,31H,2-27,30H2,1H3. The van der Waals surface area contributed by atoms with E-state index >= 15 is 0 Å². The number of rotatable bonds is 28. The number of hydrogen-bond donors (Lipinski definition) is 0. The van der Waals surface area contributed by atoms with E-state index in [0.717, 1.165) is 6.42 Å². The number of hydrogen-bond acceptors (Lipinski definition) is 3. The van der Waals surface area contributed by atoms with Crippen LogP contribution in [0.3, 0.4) is 0 Å². The van der Waals surface area contributed by atoms with Crippen molar-refractivity contribution in [3.8, 4) is 0 Å². The third-order valence-corrected chi connectivity index (χ3v) is 8.30. The predicted octanol–water partition coefficient (Wildman–Crippen LogP) is 12.1. The van der Waals surface area contributed by atoms with E-state index in [4.69, 9.17) is 4.74 Å². The Hall–Kier alpha value is -0.830. The van der Waals surface area contributed by atoms with Crippen LogP contribution in [0.5, 0.6) is 0 Å². The van der Waals surface area contributed by atoms with Crippen LogP contribution in [0, 0.1) is 0 Å². The highest BCUT2D eigenvalue weighted by molar-refractivity contribution is 7.11. The molecule has 0 aliphatic rings. The third kappa shape index (κ3) is 22.4. The van der Waals surface area contributed by atoms with Crippen molar-refractivity contribution in [2.45, 2.75) is 174 Å². The Labute approximate surface area is 229 Å². The maximum atomic E-state index is 11.7. The summed E-state index contributed by atoms with van der Waals surface area (Å²) in [7, 11) is 0. The van der Waals surface area contributed by atoms with Crippen LogP contribution >= 0.6 is 11.3 Å². The van der Waals surface area contributed by atoms with Gasteiger partial charge in [-0.1, -0.05) is 174 Å². The average molecular weight is 521 g/mol. The molecule has 0 atom stereocenters. The van der Waals surface area contributed by atoms with Gasteiger partial charge in [-0.2, -0.15) is 0 Å². The van der Waals surface area contributed by atoms with Gasteiger partial charge in [0.05, 0.1) is 6.61 Å². The topological polar surface area (TPSA) is 26.3 Å². The zero-order valence-corrected chi connectivity index (χ0v) is 24.9. The molecule has 0 bridgehead atoms. The van der Waals surface area contributed by atoms with E-state index < -0.39 is 0 Å². The number of esters is 1. The van der Waals surface area contributed by atoms with E-state index in [1.165, 1.54) is 172 Å². The highest BCUT2D eigenvalue weighted by Gasteiger charge is 2.06. The first-order valence-corrected chi connectivity index (χ1v) is 16.9. The monoisotopic (exact) mass is 520 g/mol. The molecular weight excluding hydrogens is 460 g/mol. The van der Waals surface area contributed by atoms with Crippen LogP contribution in [0.1, 0.15) is 184 Å². The summed E-state index contributed by atoms with van der Waals surface area (Å²) < 4.78 is 5.31. The fourth-order valence-electron chi connectivity index (χ4n) is 5.05. The molecule has 0 saturated heterocycles. The molecule has 1 rings (SSSR count). The van der Waals surface area contributed by atoms with E-state index in [9.17, 15) is 4.79 Å². The predicted molar refractivity (Wildman–Crippen MR) is 160 cm³/mol. The van der Waals surface area contributed by atoms with Crippen LogP contribution in [-0.4, -0.2) is 12.6 Å². The zero-order chi connectivity index (χ0) is 25.8. The van der Waals surface area contributed by atoms with Gasteiger partial charge in [0, 0.05) is 0 Å². The van der Waals surface area contributed by atoms with Gasteiger partial charge < -0.3 is 4.74 Å². The summed E-state index contributed by atoms with van der Waals surface area (Å²) in [4.78, 5) is 12.4. The largest absolute Gasteiger partial charge is 0.462 e. The Morgan fingerprint density at radius 1 is 0.556 bits per heavy atom. The van der Waals surface area contributed by atoms with Gasteiger partial charge in [-0.15, -0.1) is 11.3 Å². The maximum Gasteiger partial charge on any atom is 0.348 e. The molecule has 1 aromatic rings. The maximum absolute atomic E-state index is 11.7. The smallest absolute Gasteiger partial charge is 0.348 e. The quantitative estimate of drug-likeness (QED) is 0.0811. The van der Waals surface area contributed by atoms with Crippen molar-refractivity contribution in [1.82, 2.24) is 0 Å². The van der Waals surface area contributed by atoms with Crippen LogP contribution in [0.15, 0.2) is 17.5 Å². The first-order valence-electron chi connectivity index (χ1n) is 16.0. The van der Waals surface area contributed by atoms with E-state index in [0.29, 0.717) is 11.5 Å². The third-order valence-electron chi connectivity index (χ3n) is 7.45. The molecule has 1 heterocycles. The van der Waals surface area contributed by atoms with Crippen LogP contribution in [-0.2, 0) is 4.74 Å². The summed E-state index contributed by atoms with van der Waals surface area (Å²) in [5, 5.41) is 1.91. The van der Waals surface area contributed by atoms with Gasteiger partial charge >= 0.3 is 5.97 Å². The summed E-state index contributed by atoms with van der Waals surface area (Å²) in [5.41, 5.74) is 0. The molecule has 2 nitrogen and oxygen atoms in total. The lowest BCUT2D eigenvalue weighted by Gasteiger charge is -2.05. The molecule has 36 heavy (non-hydrogen) atoms. The lowest BCUT2D eigenvalue weighted by molar-refractivity contribution is 0.0503. The zero-order valence-electron chi connectivity index (χ0n) is 24.0. The summed E-state index contributed by atoms with van der Waals surface area (Å²) >= 11 is 1.45. The molecule has 0 aromatic carbocycles. The van der Waals surface area contributed by atoms with Crippen molar-refractivity contribution in [2.75, 3.05) is 6.61 Å². The van der Waals surface area contributed by atoms with Gasteiger partial charge in [0.15, 0.2) is 0 Å². The first kappa shape index (κ1) is 33.2. The molecule has 0 N–H and O–H groups in total. The van der Waals surface area contributed by atoms with Crippen LogP contribution in [0.25, 0.3) is 0 Å². The lowest BCUT2D eigenvalue weighted by atomic mass is 10.0. The lowest BCUT2D eigenvalue weighted by Crippen LogP contribution is -2.04. The molecule has 0 aliphatic carbocycles. The number of ether oxygens (including phenoxy) is 1. The van der Waals surface area contributed by atoms with Gasteiger partial charge in [-0.3, -0.25) is 0 Å². The van der Waals surface area contributed by atoms with Gasteiger partial charge in [0.1, 0.15) is 4.88 Å². The van der Waals surface area contributed by atoms with Crippen molar-refractivity contribution in [1.29, 1.82) is 0 Å². The first-order chi connectivity index (χ1) is 17.8. The highest BCUT2D eigenvalue weighted by atomic mass is 32.1.